The van der Waals surface area contributed by atoms with Gasteiger partial charge in [0, 0.05) is 13.0 Å². The third-order valence-corrected chi connectivity index (χ3v) is 2.46. The molecule has 0 N–H and O–H groups in total. The standard InChI is InChI=1S/C11H19N3O2/c1-4-14(5-2)7-6-10-12-11(16-13-10)8-9(3)15/h4-8H2,1-3H3. The van der Waals surface area contributed by atoms with Crippen molar-refractivity contribution in [2.24, 2.45) is 0 Å². The number of carbonyl (C=O) groups is 1. The normalized spacial score (nSPS) is 11.0. The van der Waals surface area contributed by atoms with Crippen LogP contribution in [0.3, 0.4) is 0 Å². The molecule has 0 unspecified atom stereocenters. The molecular weight excluding hydrogens is 206 g/mol. The van der Waals surface area contributed by atoms with Crippen molar-refractivity contribution in [3.05, 3.63) is 11.7 Å². The van der Waals surface area contributed by atoms with Crippen LogP contribution in [0.1, 0.15) is 32.5 Å². The maximum atomic E-state index is 10.8. The van der Waals surface area contributed by atoms with E-state index in [4.69, 9.17) is 4.52 Å². The maximum absolute atomic E-state index is 10.8. The van der Waals surface area contributed by atoms with E-state index in [1.54, 1.807) is 0 Å². The molecule has 1 aromatic rings. The fraction of sp³-hybridized carbons (Fsp3) is 0.727. The van der Waals surface area contributed by atoms with E-state index < -0.39 is 0 Å². The molecule has 5 heteroatoms. The Kier molecular flexibility index (Phi) is 5.11. The van der Waals surface area contributed by atoms with Crippen LogP contribution in [0.2, 0.25) is 0 Å². The summed E-state index contributed by atoms with van der Waals surface area (Å²) >= 11 is 0. The summed E-state index contributed by atoms with van der Waals surface area (Å²) in [7, 11) is 0. The third-order valence-electron chi connectivity index (χ3n) is 2.46. The molecule has 0 amide bonds. The molecular formula is C11H19N3O2. The van der Waals surface area contributed by atoms with E-state index in [-0.39, 0.29) is 12.2 Å². The second-order valence-corrected chi connectivity index (χ2v) is 3.76. The van der Waals surface area contributed by atoms with Crippen LogP contribution in [0.4, 0.5) is 0 Å². The van der Waals surface area contributed by atoms with Crippen LogP contribution < -0.4 is 0 Å². The molecule has 0 radical (unpaired) electrons. The minimum absolute atomic E-state index is 0.0407. The fourth-order valence-electron chi connectivity index (χ4n) is 1.47. The summed E-state index contributed by atoms with van der Waals surface area (Å²) in [5.74, 6) is 1.14. The van der Waals surface area contributed by atoms with Gasteiger partial charge in [0.2, 0.25) is 5.89 Å². The van der Waals surface area contributed by atoms with Gasteiger partial charge in [-0.05, 0) is 20.0 Å². The zero-order valence-electron chi connectivity index (χ0n) is 10.2. The van der Waals surface area contributed by atoms with Crippen LogP contribution in [0.25, 0.3) is 0 Å². The minimum atomic E-state index is 0.0407. The Morgan fingerprint density at radius 1 is 1.38 bits per heavy atom. The number of hydrogen-bond donors (Lipinski definition) is 0. The van der Waals surface area contributed by atoms with Crippen molar-refractivity contribution < 1.29 is 9.32 Å². The average Bonchev–Trinajstić information content (AvgIpc) is 2.66. The van der Waals surface area contributed by atoms with Crippen molar-refractivity contribution in [3.63, 3.8) is 0 Å². The highest BCUT2D eigenvalue weighted by molar-refractivity contribution is 5.77. The summed E-state index contributed by atoms with van der Waals surface area (Å²) in [6.45, 7) is 8.73. The molecule has 0 atom stereocenters. The predicted octanol–water partition coefficient (Wildman–Crippen LogP) is 1.09. The van der Waals surface area contributed by atoms with Crippen LogP contribution in [-0.2, 0) is 17.6 Å². The lowest BCUT2D eigenvalue weighted by Crippen LogP contribution is -2.25. The first kappa shape index (κ1) is 12.8. The van der Waals surface area contributed by atoms with Gasteiger partial charge in [-0.15, -0.1) is 0 Å². The molecule has 0 fully saturated rings. The lowest BCUT2D eigenvalue weighted by atomic mass is 10.3. The van der Waals surface area contributed by atoms with E-state index in [0.29, 0.717) is 11.7 Å². The monoisotopic (exact) mass is 225 g/mol. The number of Topliss-reactive ketones (excluding diaryl/α,β-unsaturated/α-hetero) is 1. The molecule has 16 heavy (non-hydrogen) atoms. The van der Waals surface area contributed by atoms with Crippen molar-refractivity contribution in [2.75, 3.05) is 19.6 Å². The highest BCUT2D eigenvalue weighted by atomic mass is 16.5. The Balaban J connectivity index is 2.42. The summed E-state index contributed by atoms with van der Waals surface area (Å²) in [5, 5.41) is 3.84. The van der Waals surface area contributed by atoms with Gasteiger partial charge in [-0.2, -0.15) is 4.98 Å². The zero-order valence-corrected chi connectivity index (χ0v) is 10.2. The van der Waals surface area contributed by atoms with E-state index in [1.165, 1.54) is 6.92 Å². The lowest BCUT2D eigenvalue weighted by Gasteiger charge is -2.16. The van der Waals surface area contributed by atoms with E-state index in [0.717, 1.165) is 26.1 Å². The van der Waals surface area contributed by atoms with Gasteiger partial charge in [-0.25, -0.2) is 0 Å². The van der Waals surface area contributed by atoms with Crippen molar-refractivity contribution in [1.82, 2.24) is 15.0 Å². The minimum Gasteiger partial charge on any atom is -0.339 e. The van der Waals surface area contributed by atoms with Gasteiger partial charge in [0.25, 0.3) is 0 Å². The van der Waals surface area contributed by atoms with Crippen LogP contribution in [0.5, 0.6) is 0 Å². The van der Waals surface area contributed by atoms with Crippen LogP contribution in [-0.4, -0.2) is 40.5 Å². The van der Waals surface area contributed by atoms with Crippen LogP contribution in [0, 0.1) is 0 Å². The molecule has 0 aromatic carbocycles. The summed E-state index contributed by atoms with van der Waals surface area (Å²) in [5.41, 5.74) is 0. The molecule has 90 valence electrons. The average molecular weight is 225 g/mol. The summed E-state index contributed by atoms with van der Waals surface area (Å²) in [6, 6.07) is 0. The van der Waals surface area contributed by atoms with E-state index in [9.17, 15) is 4.79 Å². The molecule has 1 rings (SSSR count). The summed E-state index contributed by atoms with van der Waals surface area (Å²) in [6.07, 6.45) is 1.00. The quantitative estimate of drug-likeness (QED) is 0.695. The number of ketones is 1. The number of likely N-dealkylation sites (N-methyl/N-ethyl adjacent to an activating group) is 1. The van der Waals surface area contributed by atoms with E-state index in [1.807, 2.05) is 0 Å². The second-order valence-electron chi connectivity index (χ2n) is 3.76. The van der Waals surface area contributed by atoms with Gasteiger partial charge in [-0.3, -0.25) is 4.79 Å². The van der Waals surface area contributed by atoms with Crippen molar-refractivity contribution in [3.8, 4) is 0 Å². The van der Waals surface area contributed by atoms with Crippen molar-refractivity contribution >= 4 is 5.78 Å². The van der Waals surface area contributed by atoms with Gasteiger partial charge < -0.3 is 9.42 Å². The number of nitrogens with zero attached hydrogens (tertiary/aromatic N) is 3. The fourth-order valence-corrected chi connectivity index (χ4v) is 1.47. The molecule has 0 saturated heterocycles. The zero-order chi connectivity index (χ0) is 12.0. The van der Waals surface area contributed by atoms with Gasteiger partial charge >= 0.3 is 0 Å². The van der Waals surface area contributed by atoms with Gasteiger partial charge in [0.1, 0.15) is 5.78 Å². The Morgan fingerprint density at radius 2 is 2.06 bits per heavy atom. The maximum Gasteiger partial charge on any atom is 0.234 e. The molecule has 5 nitrogen and oxygen atoms in total. The van der Waals surface area contributed by atoms with Gasteiger partial charge in [0.05, 0.1) is 6.42 Å². The highest BCUT2D eigenvalue weighted by Gasteiger charge is 2.09. The third kappa shape index (κ3) is 4.10. The summed E-state index contributed by atoms with van der Waals surface area (Å²) < 4.78 is 4.97. The smallest absolute Gasteiger partial charge is 0.234 e. The van der Waals surface area contributed by atoms with E-state index in [2.05, 4.69) is 28.9 Å². The van der Waals surface area contributed by atoms with Gasteiger partial charge in [-0.1, -0.05) is 19.0 Å². The topological polar surface area (TPSA) is 59.2 Å². The Labute approximate surface area is 95.8 Å². The highest BCUT2D eigenvalue weighted by Crippen LogP contribution is 2.01. The molecule has 0 aliphatic rings. The number of hydrogen-bond acceptors (Lipinski definition) is 5. The Bertz CT molecular complexity index is 332. The largest absolute Gasteiger partial charge is 0.339 e. The first-order valence-electron chi connectivity index (χ1n) is 5.69. The first-order valence-corrected chi connectivity index (χ1v) is 5.69. The molecule has 0 spiro atoms. The van der Waals surface area contributed by atoms with Gasteiger partial charge in [0.15, 0.2) is 5.82 Å². The van der Waals surface area contributed by atoms with Crippen molar-refractivity contribution in [1.29, 1.82) is 0 Å². The Hall–Kier alpha value is -1.23. The second kappa shape index (κ2) is 6.37. The SMILES string of the molecule is CCN(CC)CCc1noc(CC(C)=O)n1. The molecule has 0 bridgehead atoms. The molecule has 1 aromatic heterocycles. The lowest BCUT2D eigenvalue weighted by molar-refractivity contribution is -0.116. The van der Waals surface area contributed by atoms with Crippen LogP contribution >= 0.6 is 0 Å². The Morgan fingerprint density at radius 3 is 2.62 bits per heavy atom. The molecule has 0 aliphatic heterocycles. The first-order chi connectivity index (χ1) is 7.65. The summed E-state index contributed by atoms with van der Waals surface area (Å²) in [4.78, 5) is 17.3. The van der Waals surface area contributed by atoms with Crippen molar-refractivity contribution in [2.45, 2.75) is 33.6 Å². The molecule has 0 saturated carbocycles. The molecule has 1 heterocycles. The number of aromatic nitrogens is 2. The predicted molar refractivity (Wildman–Crippen MR) is 60.2 cm³/mol. The number of carbonyl (C=O) groups excluding carboxylic acids is 1. The number of rotatable bonds is 7. The molecule has 0 aliphatic carbocycles. The van der Waals surface area contributed by atoms with Crippen LogP contribution in [0.15, 0.2) is 4.52 Å². The van der Waals surface area contributed by atoms with E-state index >= 15 is 0 Å².